The number of halogens is 1. The number of aliphatic hydroxyl groups is 1. The highest BCUT2D eigenvalue weighted by Gasteiger charge is 2.19. The van der Waals surface area contributed by atoms with Gasteiger partial charge < -0.3 is 20.3 Å². The highest BCUT2D eigenvalue weighted by molar-refractivity contribution is 7.16. The summed E-state index contributed by atoms with van der Waals surface area (Å²) < 4.78 is 19.5. The number of aromatic nitrogens is 2. The van der Waals surface area contributed by atoms with E-state index < -0.39 is 11.8 Å². The van der Waals surface area contributed by atoms with Gasteiger partial charge in [0.05, 0.1) is 12.3 Å². The Morgan fingerprint density at radius 2 is 2.06 bits per heavy atom. The highest BCUT2D eigenvalue weighted by Crippen LogP contribution is 2.37. The van der Waals surface area contributed by atoms with E-state index in [2.05, 4.69) is 24.1 Å². The average Bonchev–Trinajstić information content (AvgIpc) is 3.49. The number of carboxylic acids is 1. The number of pyridine rings is 1. The number of thiophene rings is 1. The number of aliphatic hydroxyl groups excluding tert-OH is 1. The molecule has 7 nitrogen and oxygen atoms in total. The zero-order valence-corrected chi connectivity index (χ0v) is 20.8. The molecule has 3 N–H and O–H groups in total. The average molecular weight is 514 g/mol. The van der Waals surface area contributed by atoms with E-state index in [0.717, 1.165) is 21.7 Å². The van der Waals surface area contributed by atoms with Gasteiger partial charge in [-0.2, -0.15) is 0 Å². The first kappa shape index (κ1) is 24.8. The van der Waals surface area contributed by atoms with E-state index in [-0.39, 0.29) is 30.3 Å². The molecule has 182 valence electrons. The molecule has 0 spiro atoms. The smallest absolute Gasteiger partial charge is 0.339 e. The van der Waals surface area contributed by atoms with Crippen molar-refractivity contribution in [1.29, 1.82) is 0 Å². The quantitative estimate of drug-likeness (QED) is 0.236. The Hall–Kier alpha value is -3.34. The number of nitrogens with zero attached hydrogens (tertiary/aromatic N) is 2. The Labute approximate surface area is 209 Å². The number of nitrogens with one attached hydrogen (secondary N) is 1. The molecule has 35 heavy (non-hydrogen) atoms. The van der Waals surface area contributed by atoms with Crippen LogP contribution in [0.4, 0.5) is 15.3 Å². The fourth-order valence-electron chi connectivity index (χ4n) is 3.46. The van der Waals surface area contributed by atoms with Gasteiger partial charge in [-0.3, -0.25) is 0 Å². The molecule has 1 aromatic carbocycles. The predicted octanol–water partition coefficient (Wildman–Crippen LogP) is 6.08. The van der Waals surface area contributed by atoms with Gasteiger partial charge in [-0.05, 0) is 48.1 Å². The zero-order valence-electron chi connectivity index (χ0n) is 19.1. The van der Waals surface area contributed by atoms with E-state index in [1.54, 1.807) is 24.4 Å². The molecule has 4 rings (SSSR count). The molecule has 0 aliphatic carbocycles. The first-order chi connectivity index (χ1) is 16.9. The Morgan fingerprint density at radius 3 is 2.74 bits per heavy atom. The van der Waals surface area contributed by atoms with E-state index in [0.29, 0.717) is 22.3 Å². The largest absolute Gasteiger partial charge is 0.488 e. The third-order valence-electron chi connectivity index (χ3n) is 4.99. The molecule has 0 saturated heterocycles. The summed E-state index contributed by atoms with van der Waals surface area (Å²) in [6.07, 6.45) is 2.37. The lowest BCUT2D eigenvalue weighted by atomic mass is 10.0. The lowest BCUT2D eigenvalue weighted by Gasteiger charge is -2.09. The molecule has 0 saturated carbocycles. The summed E-state index contributed by atoms with van der Waals surface area (Å²) in [6.45, 7) is 3.93. The van der Waals surface area contributed by atoms with Crippen LogP contribution in [0, 0.1) is 11.7 Å². The zero-order chi connectivity index (χ0) is 24.9. The summed E-state index contributed by atoms with van der Waals surface area (Å²) in [5.74, 6) is -1.05. The molecule has 0 unspecified atom stereocenters. The van der Waals surface area contributed by atoms with Crippen molar-refractivity contribution in [2.45, 2.75) is 20.3 Å². The van der Waals surface area contributed by atoms with Crippen LogP contribution in [0.25, 0.3) is 21.7 Å². The molecule has 4 aromatic rings. The van der Waals surface area contributed by atoms with Crippen LogP contribution in [0.2, 0.25) is 0 Å². The van der Waals surface area contributed by atoms with Gasteiger partial charge in [0, 0.05) is 27.1 Å². The van der Waals surface area contributed by atoms with Crippen molar-refractivity contribution in [3.05, 3.63) is 64.2 Å². The maximum absolute atomic E-state index is 14.2. The number of benzene rings is 1. The minimum Gasteiger partial charge on any atom is -0.488 e. The van der Waals surface area contributed by atoms with Gasteiger partial charge in [0.25, 0.3) is 0 Å². The summed E-state index contributed by atoms with van der Waals surface area (Å²) in [5, 5.41) is 24.3. The van der Waals surface area contributed by atoms with Crippen molar-refractivity contribution in [2.24, 2.45) is 5.92 Å². The molecule has 10 heteroatoms. The van der Waals surface area contributed by atoms with E-state index in [4.69, 9.17) is 14.8 Å². The molecular weight excluding hydrogens is 489 g/mol. The lowest BCUT2D eigenvalue weighted by molar-refractivity contribution is 0.0697. The summed E-state index contributed by atoms with van der Waals surface area (Å²) >= 11 is 2.91. The standard InChI is InChI=1S/C25H24FN3O4S2/c1-14(2)10-21-22(15-5-6-18(26)19(12-15)33-8-7-30)28-25(35-21)29-23-17(24(31)32)11-16(13-27-23)20-4-3-9-34-20/h3-6,9,11-14,30H,7-8,10H2,1-2H3,(H,31,32)(H,27,28,29). The molecule has 0 amide bonds. The number of thiazole rings is 1. The fourth-order valence-corrected chi connectivity index (χ4v) is 5.37. The van der Waals surface area contributed by atoms with Crippen LogP contribution in [-0.2, 0) is 6.42 Å². The Kier molecular flexibility index (Phi) is 7.74. The lowest BCUT2D eigenvalue weighted by Crippen LogP contribution is -2.05. The SMILES string of the molecule is CC(C)Cc1sc(Nc2ncc(-c3cccs3)cc2C(=O)O)nc1-c1ccc(F)c(OCCO)c1. The second kappa shape index (κ2) is 10.9. The summed E-state index contributed by atoms with van der Waals surface area (Å²) in [6, 6.07) is 9.90. The van der Waals surface area contributed by atoms with E-state index in [1.807, 2.05) is 17.5 Å². The van der Waals surface area contributed by atoms with E-state index in [9.17, 15) is 14.3 Å². The van der Waals surface area contributed by atoms with Gasteiger partial charge in [-0.25, -0.2) is 19.2 Å². The van der Waals surface area contributed by atoms with Gasteiger partial charge in [-0.1, -0.05) is 19.9 Å². The van der Waals surface area contributed by atoms with Crippen LogP contribution in [0.5, 0.6) is 5.75 Å². The molecule has 0 aliphatic rings. The summed E-state index contributed by atoms with van der Waals surface area (Å²) in [5.41, 5.74) is 2.09. The van der Waals surface area contributed by atoms with Crippen LogP contribution in [0.15, 0.2) is 48.0 Å². The Bertz CT molecular complexity index is 1320. The van der Waals surface area contributed by atoms with Crippen LogP contribution in [0.1, 0.15) is 29.1 Å². The second-order valence-electron chi connectivity index (χ2n) is 8.13. The first-order valence-corrected chi connectivity index (χ1v) is 12.6. The third-order valence-corrected chi connectivity index (χ3v) is 6.91. The Morgan fingerprint density at radius 1 is 1.23 bits per heavy atom. The topological polar surface area (TPSA) is 105 Å². The monoisotopic (exact) mass is 513 g/mol. The van der Waals surface area contributed by atoms with Crippen molar-refractivity contribution in [1.82, 2.24) is 9.97 Å². The third kappa shape index (κ3) is 5.84. The predicted molar refractivity (Wildman–Crippen MR) is 136 cm³/mol. The second-order valence-corrected chi connectivity index (χ2v) is 10.2. The van der Waals surface area contributed by atoms with Gasteiger partial charge in [0.2, 0.25) is 0 Å². The minimum atomic E-state index is -1.10. The normalized spacial score (nSPS) is 11.1. The number of anilines is 2. The minimum absolute atomic E-state index is 0.0196. The fraction of sp³-hybridized carbons (Fsp3) is 0.240. The van der Waals surface area contributed by atoms with E-state index in [1.165, 1.54) is 28.7 Å². The van der Waals surface area contributed by atoms with E-state index >= 15 is 0 Å². The van der Waals surface area contributed by atoms with Gasteiger partial charge >= 0.3 is 5.97 Å². The van der Waals surface area contributed by atoms with Crippen LogP contribution < -0.4 is 10.1 Å². The van der Waals surface area contributed by atoms with Crippen LogP contribution >= 0.6 is 22.7 Å². The number of carbonyl (C=O) groups is 1. The molecule has 0 radical (unpaired) electrons. The van der Waals surface area contributed by atoms with Crippen LogP contribution in [-0.4, -0.2) is 39.4 Å². The number of hydrogen-bond donors (Lipinski definition) is 3. The van der Waals surface area contributed by atoms with Crippen molar-refractivity contribution >= 4 is 39.6 Å². The maximum Gasteiger partial charge on any atom is 0.339 e. The molecule has 0 bridgehead atoms. The van der Waals surface area contributed by atoms with Crippen molar-refractivity contribution in [3.8, 4) is 27.4 Å². The first-order valence-electron chi connectivity index (χ1n) is 10.9. The maximum atomic E-state index is 14.2. The van der Waals surface area contributed by atoms with Gasteiger partial charge in [0.1, 0.15) is 18.0 Å². The summed E-state index contributed by atoms with van der Waals surface area (Å²) in [7, 11) is 0. The molecule has 3 aromatic heterocycles. The highest BCUT2D eigenvalue weighted by atomic mass is 32.1. The number of rotatable bonds is 10. The van der Waals surface area contributed by atoms with Gasteiger partial charge in [0.15, 0.2) is 16.7 Å². The van der Waals surface area contributed by atoms with Crippen molar-refractivity contribution < 1.29 is 24.1 Å². The number of carboxylic acid groups (broad SMARTS) is 1. The number of hydrogen-bond acceptors (Lipinski definition) is 8. The van der Waals surface area contributed by atoms with Crippen molar-refractivity contribution in [3.63, 3.8) is 0 Å². The summed E-state index contributed by atoms with van der Waals surface area (Å²) in [4.78, 5) is 22.9. The number of ether oxygens (including phenoxy) is 1. The molecular formula is C25H24FN3O4S2. The Balaban J connectivity index is 1.70. The molecule has 0 atom stereocenters. The number of aromatic carboxylic acids is 1. The van der Waals surface area contributed by atoms with Gasteiger partial charge in [-0.15, -0.1) is 22.7 Å². The molecule has 0 fully saturated rings. The molecule has 0 aliphatic heterocycles. The molecule has 3 heterocycles. The van der Waals surface area contributed by atoms with Crippen molar-refractivity contribution in [2.75, 3.05) is 18.5 Å². The van der Waals surface area contributed by atoms with Crippen LogP contribution in [0.3, 0.4) is 0 Å².